The zero-order valence-electron chi connectivity index (χ0n) is 12.9. The van der Waals surface area contributed by atoms with Gasteiger partial charge in [-0.15, -0.1) is 0 Å². The minimum atomic E-state index is 0.261. The summed E-state index contributed by atoms with van der Waals surface area (Å²) in [6.07, 6.45) is 13.7. The third kappa shape index (κ3) is 5.08. The molecule has 3 nitrogen and oxygen atoms in total. The Morgan fingerprint density at radius 2 is 1.60 bits per heavy atom. The second kappa shape index (κ2) is 8.66. The molecule has 20 heavy (non-hydrogen) atoms. The van der Waals surface area contributed by atoms with Crippen molar-refractivity contribution in [3.63, 3.8) is 0 Å². The Morgan fingerprint density at radius 3 is 2.30 bits per heavy atom. The van der Waals surface area contributed by atoms with Crippen molar-refractivity contribution in [1.29, 1.82) is 0 Å². The Balaban J connectivity index is 1.61. The molecule has 0 saturated heterocycles. The Kier molecular flexibility index (Phi) is 6.85. The number of carbonyl (C=O) groups is 1. The zero-order chi connectivity index (χ0) is 14.2. The van der Waals surface area contributed by atoms with Crippen LogP contribution in [0.2, 0.25) is 0 Å². The summed E-state index contributed by atoms with van der Waals surface area (Å²) in [4.78, 5) is 12.0. The van der Waals surface area contributed by atoms with E-state index in [9.17, 15) is 4.79 Å². The third-order valence-corrected chi connectivity index (χ3v) is 5.44. The summed E-state index contributed by atoms with van der Waals surface area (Å²) < 4.78 is 0. The van der Waals surface area contributed by atoms with Gasteiger partial charge in [-0.05, 0) is 43.6 Å². The van der Waals surface area contributed by atoms with Crippen LogP contribution in [-0.2, 0) is 4.79 Å². The lowest BCUT2D eigenvalue weighted by Gasteiger charge is -2.30. The molecule has 1 amide bonds. The number of nitrogens with one attached hydrogen (secondary N) is 1. The van der Waals surface area contributed by atoms with Crippen LogP contribution in [0, 0.1) is 17.8 Å². The van der Waals surface area contributed by atoms with E-state index in [1.54, 1.807) is 0 Å². The summed E-state index contributed by atoms with van der Waals surface area (Å²) in [6, 6.07) is 0. The first-order valence-corrected chi connectivity index (χ1v) is 8.76. The van der Waals surface area contributed by atoms with Crippen molar-refractivity contribution in [2.75, 3.05) is 13.1 Å². The summed E-state index contributed by atoms with van der Waals surface area (Å²) in [5.74, 6) is 2.31. The highest BCUT2D eigenvalue weighted by Gasteiger charge is 2.24. The quantitative estimate of drug-likeness (QED) is 0.785. The molecule has 0 aromatic heterocycles. The van der Waals surface area contributed by atoms with Crippen LogP contribution in [0.15, 0.2) is 0 Å². The predicted octanol–water partition coefficient (Wildman–Crippen LogP) is 3.23. The van der Waals surface area contributed by atoms with Crippen LogP contribution in [0.25, 0.3) is 0 Å². The van der Waals surface area contributed by atoms with E-state index in [2.05, 4.69) is 5.32 Å². The number of nitrogens with two attached hydrogens (primary N) is 1. The van der Waals surface area contributed by atoms with E-state index in [-0.39, 0.29) is 5.91 Å². The summed E-state index contributed by atoms with van der Waals surface area (Å²) >= 11 is 0. The smallest absolute Gasteiger partial charge is 0.220 e. The molecule has 3 N–H and O–H groups in total. The molecule has 2 atom stereocenters. The van der Waals surface area contributed by atoms with Crippen LogP contribution < -0.4 is 11.1 Å². The van der Waals surface area contributed by atoms with Gasteiger partial charge in [-0.3, -0.25) is 4.79 Å². The molecule has 0 aromatic carbocycles. The van der Waals surface area contributed by atoms with Gasteiger partial charge >= 0.3 is 0 Å². The van der Waals surface area contributed by atoms with Crippen LogP contribution in [0.1, 0.15) is 70.6 Å². The van der Waals surface area contributed by atoms with Gasteiger partial charge in [-0.1, -0.05) is 44.9 Å². The lowest BCUT2D eigenvalue weighted by atomic mass is 9.79. The van der Waals surface area contributed by atoms with Crippen LogP contribution in [0.5, 0.6) is 0 Å². The van der Waals surface area contributed by atoms with E-state index >= 15 is 0 Å². The lowest BCUT2D eigenvalue weighted by molar-refractivity contribution is -0.121. The summed E-state index contributed by atoms with van der Waals surface area (Å²) in [6.45, 7) is 1.63. The summed E-state index contributed by atoms with van der Waals surface area (Å²) in [5, 5.41) is 3.16. The average molecular weight is 280 g/mol. The van der Waals surface area contributed by atoms with Crippen LogP contribution >= 0.6 is 0 Å². The van der Waals surface area contributed by atoms with Gasteiger partial charge < -0.3 is 11.1 Å². The maximum absolute atomic E-state index is 12.0. The van der Waals surface area contributed by atoms with Crippen LogP contribution in [-0.4, -0.2) is 19.0 Å². The molecule has 2 aliphatic carbocycles. The number of amides is 1. The lowest BCUT2D eigenvalue weighted by Crippen LogP contribution is -2.37. The van der Waals surface area contributed by atoms with E-state index in [4.69, 9.17) is 5.73 Å². The van der Waals surface area contributed by atoms with Crippen LogP contribution in [0.3, 0.4) is 0 Å². The molecule has 0 heterocycles. The monoisotopic (exact) mass is 280 g/mol. The van der Waals surface area contributed by atoms with Crippen molar-refractivity contribution in [3.05, 3.63) is 0 Å². The molecule has 2 unspecified atom stereocenters. The molecule has 2 saturated carbocycles. The molecule has 0 aromatic rings. The van der Waals surface area contributed by atoms with Crippen molar-refractivity contribution in [3.8, 4) is 0 Å². The van der Waals surface area contributed by atoms with E-state index in [1.807, 2.05) is 0 Å². The highest BCUT2D eigenvalue weighted by Crippen LogP contribution is 2.29. The normalized spacial score (nSPS) is 28.2. The van der Waals surface area contributed by atoms with E-state index < -0.39 is 0 Å². The van der Waals surface area contributed by atoms with E-state index in [0.717, 1.165) is 31.8 Å². The number of rotatable bonds is 6. The highest BCUT2D eigenvalue weighted by molar-refractivity contribution is 5.75. The molecule has 0 radical (unpaired) electrons. The number of hydrogen-bond donors (Lipinski definition) is 2. The SMILES string of the molecule is NCC1CCCCC1CNC(=O)CCC1CCCCC1. The highest BCUT2D eigenvalue weighted by atomic mass is 16.1. The first-order chi connectivity index (χ1) is 9.79. The number of hydrogen-bond acceptors (Lipinski definition) is 2. The minimum absolute atomic E-state index is 0.261. The molecule has 116 valence electrons. The van der Waals surface area contributed by atoms with Gasteiger partial charge in [-0.25, -0.2) is 0 Å². The second-order valence-corrected chi connectivity index (χ2v) is 6.89. The minimum Gasteiger partial charge on any atom is -0.356 e. The fourth-order valence-corrected chi connectivity index (χ4v) is 4.01. The first-order valence-electron chi connectivity index (χ1n) is 8.76. The van der Waals surface area contributed by atoms with Crippen molar-refractivity contribution in [1.82, 2.24) is 5.32 Å². The molecule has 3 heteroatoms. The third-order valence-electron chi connectivity index (χ3n) is 5.44. The Hall–Kier alpha value is -0.570. The molecule has 0 bridgehead atoms. The van der Waals surface area contributed by atoms with Gasteiger partial charge in [0.15, 0.2) is 0 Å². The Bertz CT molecular complexity index is 287. The van der Waals surface area contributed by atoms with E-state index in [1.165, 1.54) is 57.8 Å². The van der Waals surface area contributed by atoms with Gasteiger partial charge in [0.2, 0.25) is 5.91 Å². The van der Waals surface area contributed by atoms with Gasteiger partial charge in [0, 0.05) is 13.0 Å². The molecule has 2 aliphatic rings. The molecule has 0 aliphatic heterocycles. The predicted molar refractivity (Wildman–Crippen MR) is 83.3 cm³/mol. The maximum Gasteiger partial charge on any atom is 0.220 e. The Labute approximate surface area is 124 Å². The average Bonchev–Trinajstić information content (AvgIpc) is 2.52. The Morgan fingerprint density at radius 1 is 0.950 bits per heavy atom. The van der Waals surface area contributed by atoms with Gasteiger partial charge in [0.25, 0.3) is 0 Å². The summed E-state index contributed by atoms with van der Waals surface area (Å²) in [7, 11) is 0. The second-order valence-electron chi connectivity index (χ2n) is 6.89. The fraction of sp³-hybridized carbons (Fsp3) is 0.941. The van der Waals surface area contributed by atoms with Gasteiger partial charge in [0.05, 0.1) is 0 Å². The molecular weight excluding hydrogens is 248 g/mol. The molecule has 0 spiro atoms. The molecular formula is C17H32N2O. The van der Waals surface area contributed by atoms with E-state index in [0.29, 0.717) is 11.8 Å². The standard InChI is InChI=1S/C17H32N2O/c18-12-15-8-4-5-9-16(15)13-19-17(20)11-10-14-6-2-1-3-7-14/h14-16H,1-13,18H2,(H,19,20). The topological polar surface area (TPSA) is 55.1 Å². The largest absolute Gasteiger partial charge is 0.356 e. The summed E-state index contributed by atoms with van der Waals surface area (Å²) in [5.41, 5.74) is 5.84. The van der Waals surface area contributed by atoms with Crippen molar-refractivity contribution in [2.45, 2.75) is 70.6 Å². The molecule has 2 fully saturated rings. The van der Waals surface area contributed by atoms with Crippen molar-refractivity contribution < 1.29 is 4.79 Å². The van der Waals surface area contributed by atoms with Gasteiger partial charge in [-0.2, -0.15) is 0 Å². The first kappa shape index (κ1) is 15.8. The zero-order valence-corrected chi connectivity index (χ0v) is 12.9. The molecule has 2 rings (SSSR count). The fourth-order valence-electron chi connectivity index (χ4n) is 4.01. The van der Waals surface area contributed by atoms with Crippen LogP contribution in [0.4, 0.5) is 0 Å². The van der Waals surface area contributed by atoms with Gasteiger partial charge in [0.1, 0.15) is 0 Å². The maximum atomic E-state index is 12.0. The van der Waals surface area contributed by atoms with Crippen molar-refractivity contribution >= 4 is 5.91 Å². The van der Waals surface area contributed by atoms with Crippen molar-refractivity contribution in [2.24, 2.45) is 23.5 Å². The number of carbonyl (C=O) groups excluding carboxylic acids is 1.